The van der Waals surface area contributed by atoms with Gasteiger partial charge in [0, 0.05) is 30.7 Å². The first-order valence-corrected chi connectivity index (χ1v) is 8.75. The Morgan fingerprint density at radius 3 is 2.78 bits per heavy atom. The van der Waals surface area contributed by atoms with Crippen molar-refractivity contribution in [3.8, 4) is 0 Å². The van der Waals surface area contributed by atoms with Crippen LogP contribution in [0.4, 0.5) is 5.69 Å². The van der Waals surface area contributed by atoms with Crippen LogP contribution in [-0.2, 0) is 17.8 Å². The van der Waals surface area contributed by atoms with Crippen molar-refractivity contribution in [3.63, 3.8) is 0 Å². The number of anilines is 1. The number of nitrogens with zero attached hydrogens (tertiary/aromatic N) is 2. The first kappa shape index (κ1) is 16.1. The molecule has 0 atom stereocenters. The van der Waals surface area contributed by atoms with Crippen molar-refractivity contribution in [2.24, 2.45) is 0 Å². The number of amides is 1. The van der Waals surface area contributed by atoms with Gasteiger partial charge >= 0.3 is 0 Å². The lowest BCUT2D eigenvalue weighted by molar-refractivity contribution is -0.115. The van der Waals surface area contributed by atoms with Crippen LogP contribution < -0.4 is 5.32 Å². The zero-order valence-corrected chi connectivity index (χ0v) is 13.8. The van der Waals surface area contributed by atoms with Crippen LogP contribution in [0.5, 0.6) is 0 Å². The van der Waals surface area contributed by atoms with Gasteiger partial charge in [-0.05, 0) is 25.0 Å². The molecule has 0 spiro atoms. The normalized spacial score (nSPS) is 16.4. The van der Waals surface area contributed by atoms with Gasteiger partial charge in [0.05, 0.1) is 18.2 Å². The number of para-hydroxylation sites is 1. The molecule has 1 aromatic heterocycles. The molecule has 2 heterocycles. The quantitative estimate of drug-likeness (QED) is 0.882. The van der Waals surface area contributed by atoms with E-state index in [9.17, 15) is 9.90 Å². The highest BCUT2D eigenvalue weighted by atomic mass is 32.1. The molecule has 1 aliphatic rings. The third-order valence-electron chi connectivity index (χ3n) is 3.91. The number of piperidine rings is 1. The molecule has 23 heavy (non-hydrogen) atoms. The summed E-state index contributed by atoms with van der Waals surface area (Å²) in [6.45, 7) is 2.61. The summed E-state index contributed by atoms with van der Waals surface area (Å²) in [7, 11) is 0. The van der Waals surface area contributed by atoms with Crippen molar-refractivity contribution in [1.82, 2.24) is 9.88 Å². The fourth-order valence-electron chi connectivity index (χ4n) is 2.67. The molecular formula is C17H21N3O2S. The first-order chi connectivity index (χ1) is 11.2. The minimum Gasteiger partial charge on any atom is -0.393 e. The Hall–Kier alpha value is -1.76. The van der Waals surface area contributed by atoms with Gasteiger partial charge in [0.25, 0.3) is 0 Å². The maximum Gasteiger partial charge on any atom is 0.231 e. The molecule has 6 heteroatoms. The second-order valence-electron chi connectivity index (χ2n) is 5.83. The number of benzene rings is 1. The van der Waals surface area contributed by atoms with Crippen LogP contribution >= 0.6 is 11.3 Å². The second kappa shape index (κ2) is 7.68. The zero-order valence-electron chi connectivity index (χ0n) is 12.9. The molecule has 2 aromatic rings. The number of thiazole rings is 1. The fourth-order valence-corrected chi connectivity index (χ4v) is 3.46. The van der Waals surface area contributed by atoms with Crippen molar-refractivity contribution in [2.75, 3.05) is 18.4 Å². The van der Waals surface area contributed by atoms with Gasteiger partial charge in [-0.1, -0.05) is 18.2 Å². The van der Waals surface area contributed by atoms with Crippen LogP contribution in [0.1, 0.15) is 23.5 Å². The summed E-state index contributed by atoms with van der Waals surface area (Å²) in [5.41, 5.74) is 1.81. The highest BCUT2D eigenvalue weighted by molar-refractivity contribution is 7.09. The van der Waals surface area contributed by atoms with E-state index in [1.807, 2.05) is 35.7 Å². The number of nitrogens with one attached hydrogen (secondary N) is 1. The average Bonchev–Trinajstić information content (AvgIpc) is 2.97. The van der Waals surface area contributed by atoms with Crippen LogP contribution in [0.3, 0.4) is 0 Å². The number of carbonyl (C=O) groups excluding carboxylic acids is 1. The minimum absolute atomic E-state index is 0.0433. The molecule has 1 aliphatic heterocycles. The van der Waals surface area contributed by atoms with E-state index in [1.165, 1.54) is 11.3 Å². The minimum atomic E-state index is -0.154. The predicted octanol–water partition coefficient (Wildman–Crippen LogP) is 2.28. The van der Waals surface area contributed by atoms with E-state index in [0.717, 1.165) is 48.9 Å². The zero-order chi connectivity index (χ0) is 16.1. The summed E-state index contributed by atoms with van der Waals surface area (Å²) in [6.07, 6.45) is 1.81. The van der Waals surface area contributed by atoms with Gasteiger partial charge < -0.3 is 10.4 Å². The van der Waals surface area contributed by atoms with Crippen LogP contribution in [0.15, 0.2) is 35.7 Å². The summed E-state index contributed by atoms with van der Waals surface area (Å²) in [5.74, 6) is -0.0433. The largest absolute Gasteiger partial charge is 0.393 e. The average molecular weight is 331 g/mol. The predicted molar refractivity (Wildman–Crippen MR) is 91.4 cm³/mol. The molecule has 1 saturated heterocycles. The Morgan fingerprint density at radius 2 is 2.04 bits per heavy atom. The first-order valence-electron chi connectivity index (χ1n) is 7.87. The monoisotopic (exact) mass is 331 g/mol. The van der Waals surface area contributed by atoms with Crippen molar-refractivity contribution in [3.05, 3.63) is 46.4 Å². The molecule has 0 unspecified atom stereocenters. The van der Waals surface area contributed by atoms with Gasteiger partial charge in [-0.2, -0.15) is 0 Å². The second-order valence-corrected chi connectivity index (χ2v) is 6.77. The lowest BCUT2D eigenvalue weighted by atomic mass is 10.1. The molecule has 0 bridgehead atoms. The molecule has 1 amide bonds. The number of likely N-dealkylation sites (tertiary alicyclic amines) is 1. The standard InChI is InChI=1S/C17H21N3O2S/c21-15-6-8-20(9-7-15)11-14-12-23-17(19-14)10-16(22)18-13-4-2-1-3-5-13/h1-5,12,15,21H,6-11H2,(H,18,22). The smallest absolute Gasteiger partial charge is 0.231 e. The Balaban J connectivity index is 1.50. The Kier molecular flexibility index (Phi) is 5.38. The van der Waals surface area contributed by atoms with Gasteiger partial charge in [-0.15, -0.1) is 11.3 Å². The fraction of sp³-hybridized carbons (Fsp3) is 0.412. The molecule has 5 nitrogen and oxygen atoms in total. The molecule has 122 valence electrons. The maximum atomic E-state index is 12.0. The van der Waals surface area contributed by atoms with Crippen LogP contribution in [0, 0.1) is 0 Å². The molecule has 1 fully saturated rings. The van der Waals surface area contributed by atoms with E-state index in [1.54, 1.807) is 0 Å². The maximum absolute atomic E-state index is 12.0. The van der Waals surface area contributed by atoms with Crippen molar-refractivity contribution < 1.29 is 9.90 Å². The van der Waals surface area contributed by atoms with Gasteiger partial charge in [-0.3, -0.25) is 9.69 Å². The SMILES string of the molecule is O=C(Cc1nc(CN2CCC(O)CC2)cs1)Nc1ccccc1. The summed E-state index contributed by atoms with van der Waals surface area (Å²) in [5, 5.41) is 15.3. The van der Waals surface area contributed by atoms with E-state index >= 15 is 0 Å². The molecule has 1 aromatic carbocycles. The summed E-state index contributed by atoms with van der Waals surface area (Å²) in [6, 6.07) is 9.45. The number of rotatable bonds is 5. The number of aromatic nitrogens is 1. The van der Waals surface area contributed by atoms with Crippen molar-refractivity contribution in [2.45, 2.75) is 31.9 Å². The molecule has 3 rings (SSSR count). The van der Waals surface area contributed by atoms with Crippen molar-refractivity contribution >= 4 is 22.9 Å². The molecule has 0 radical (unpaired) electrons. The molecule has 0 saturated carbocycles. The number of aliphatic hydroxyl groups excluding tert-OH is 1. The lowest BCUT2D eigenvalue weighted by Crippen LogP contribution is -2.35. The van der Waals surface area contributed by atoms with E-state index < -0.39 is 0 Å². The van der Waals surface area contributed by atoms with E-state index in [2.05, 4.69) is 15.2 Å². The van der Waals surface area contributed by atoms with Crippen LogP contribution in [0.2, 0.25) is 0 Å². The van der Waals surface area contributed by atoms with Gasteiger partial charge in [0.1, 0.15) is 5.01 Å². The van der Waals surface area contributed by atoms with Gasteiger partial charge in [-0.25, -0.2) is 4.98 Å². The van der Waals surface area contributed by atoms with Gasteiger partial charge in [0.15, 0.2) is 0 Å². The van der Waals surface area contributed by atoms with Gasteiger partial charge in [0.2, 0.25) is 5.91 Å². The number of hydrogen-bond donors (Lipinski definition) is 2. The van der Waals surface area contributed by atoms with Crippen LogP contribution in [0.25, 0.3) is 0 Å². The Labute approximate surface area is 140 Å². The highest BCUT2D eigenvalue weighted by Gasteiger charge is 2.18. The summed E-state index contributed by atoms with van der Waals surface area (Å²) < 4.78 is 0. The van der Waals surface area contributed by atoms with Crippen molar-refractivity contribution in [1.29, 1.82) is 0 Å². The Bertz CT molecular complexity index is 636. The Morgan fingerprint density at radius 1 is 1.30 bits per heavy atom. The topological polar surface area (TPSA) is 65.5 Å². The number of hydrogen-bond acceptors (Lipinski definition) is 5. The van der Waals surface area contributed by atoms with E-state index in [0.29, 0.717) is 6.42 Å². The number of carbonyl (C=O) groups is 1. The molecular weight excluding hydrogens is 310 g/mol. The molecule has 2 N–H and O–H groups in total. The third kappa shape index (κ3) is 4.86. The van der Waals surface area contributed by atoms with E-state index in [4.69, 9.17) is 0 Å². The number of aliphatic hydroxyl groups is 1. The summed E-state index contributed by atoms with van der Waals surface area (Å²) >= 11 is 1.53. The van der Waals surface area contributed by atoms with E-state index in [-0.39, 0.29) is 12.0 Å². The highest BCUT2D eigenvalue weighted by Crippen LogP contribution is 2.17. The third-order valence-corrected chi connectivity index (χ3v) is 4.81. The lowest BCUT2D eigenvalue weighted by Gasteiger charge is -2.28. The van der Waals surface area contributed by atoms with Crippen LogP contribution in [-0.4, -0.2) is 40.1 Å². The summed E-state index contributed by atoms with van der Waals surface area (Å²) in [4.78, 5) is 18.9. The molecule has 0 aliphatic carbocycles.